The second-order valence-electron chi connectivity index (χ2n) is 3.81. The van der Waals surface area contributed by atoms with Crippen molar-refractivity contribution in [2.75, 3.05) is 25.0 Å². The molecule has 1 aromatic carbocycles. The Morgan fingerprint density at radius 1 is 1.44 bits per heavy atom. The van der Waals surface area contributed by atoms with Crippen LogP contribution in [-0.4, -0.2) is 26.0 Å². The summed E-state index contributed by atoms with van der Waals surface area (Å²) >= 11 is 1.80. The molecule has 2 aliphatic heterocycles. The molecule has 0 bridgehead atoms. The van der Waals surface area contributed by atoms with E-state index in [0.29, 0.717) is 0 Å². The highest BCUT2D eigenvalue weighted by atomic mass is 32.2. The highest BCUT2D eigenvalue weighted by molar-refractivity contribution is 8.03. The molecule has 16 heavy (non-hydrogen) atoms. The Morgan fingerprint density at radius 2 is 2.31 bits per heavy atom. The van der Waals surface area contributed by atoms with E-state index < -0.39 is 0 Å². The lowest BCUT2D eigenvalue weighted by molar-refractivity contribution is 0.961. The Balaban J connectivity index is 1.92. The summed E-state index contributed by atoms with van der Waals surface area (Å²) in [4.78, 5) is 7.91. The van der Waals surface area contributed by atoms with Crippen molar-refractivity contribution in [2.24, 2.45) is 4.99 Å². The van der Waals surface area contributed by atoms with Crippen LogP contribution in [-0.2, 0) is 0 Å². The topological polar surface area (TPSA) is 27.6 Å². The van der Waals surface area contributed by atoms with Crippen LogP contribution < -0.4 is 10.2 Å². The molecule has 3 nitrogen and oxygen atoms in total. The van der Waals surface area contributed by atoms with E-state index >= 15 is 0 Å². The van der Waals surface area contributed by atoms with Gasteiger partial charge in [-0.05, 0) is 12.1 Å². The molecule has 4 heteroatoms. The van der Waals surface area contributed by atoms with Gasteiger partial charge in [0.1, 0.15) is 5.84 Å². The van der Waals surface area contributed by atoms with E-state index in [2.05, 4.69) is 52.6 Å². The maximum Gasteiger partial charge on any atom is 0.123 e. The van der Waals surface area contributed by atoms with E-state index in [-0.39, 0.29) is 0 Å². The fourth-order valence-electron chi connectivity index (χ4n) is 1.88. The Bertz CT molecular complexity index is 479. The van der Waals surface area contributed by atoms with Crippen molar-refractivity contribution in [2.45, 2.75) is 4.90 Å². The third-order valence-electron chi connectivity index (χ3n) is 2.73. The monoisotopic (exact) mass is 231 g/mol. The molecule has 0 radical (unpaired) electrons. The number of amidine groups is 1. The fourth-order valence-corrected chi connectivity index (χ4v) is 2.96. The summed E-state index contributed by atoms with van der Waals surface area (Å²) in [6, 6.07) is 8.45. The minimum absolute atomic E-state index is 0.889. The van der Waals surface area contributed by atoms with Gasteiger partial charge in [-0.3, -0.25) is 4.99 Å². The maximum atomic E-state index is 4.39. The first-order valence-electron chi connectivity index (χ1n) is 5.35. The van der Waals surface area contributed by atoms with Gasteiger partial charge in [-0.25, -0.2) is 0 Å². The smallest absolute Gasteiger partial charge is 0.123 e. The number of aliphatic imine (C=N–C) groups is 1. The van der Waals surface area contributed by atoms with Gasteiger partial charge >= 0.3 is 0 Å². The fraction of sp³-hybridized carbons (Fsp3) is 0.250. The molecule has 2 heterocycles. The van der Waals surface area contributed by atoms with Gasteiger partial charge in [0.15, 0.2) is 0 Å². The van der Waals surface area contributed by atoms with Crippen LogP contribution in [0.4, 0.5) is 5.69 Å². The normalized spacial score (nSPS) is 20.9. The molecule has 0 atom stereocenters. The van der Waals surface area contributed by atoms with E-state index in [9.17, 15) is 0 Å². The summed E-state index contributed by atoms with van der Waals surface area (Å²) in [5.74, 6) is 1.00. The van der Waals surface area contributed by atoms with Crippen LogP contribution in [0.2, 0.25) is 0 Å². The van der Waals surface area contributed by atoms with Crippen LogP contribution in [0.15, 0.2) is 45.3 Å². The zero-order chi connectivity index (χ0) is 11.0. The lowest BCUT2D eigenvalue weighted by Gasteiger charge is -2.13. The third-order valence-corrected chi connectivity index (χ3v) is 3.90. The maximum absolute atomic E-state index is 4.39. The largest absolute Gasteiger partial charge is 0.368 e. The highest BCUT2D eigenvalue weighted by Crippen LogP contribution is 2.44. The van der Waals surface area contributed by atoms with Crippen molar-refractivity contribution in [3.05, 3.63) is 35.4 Å². The number of benzene rings is 1. The van der Waals surface area contributed by atoms with Gasteiger partial charge in [0.25, 0.3) is 0 Å². The number of para-hydroxylation sites is 1. The van der Waals surface area contributed by atoms with Gasteiger partial charge < -0.3 is 10.2 Å². The summed E-state index contributed by atoms with van der Waals surface area (Å²) in [6.07, 6.45) is 2.12. The first-order chi connectivity index (χ1) is 7.84. The molecule has 2 aliphatic rings. The lowest BCUT2D eigenvalue weighted by atomic mass is 10.3. The minimum Gasteiger partial charge on any atom is -0.368 e. The predicted molar refractivity (Wildman–Crippen MR) is 69.1 cm³/mol. The van der Waals surface area contributed by atoms with E-state index in [4.69, 9.17) is 0 Å². The molecule has 0 aromatic heterocycles. The van der Waals surface area contributed by atoms with Crippen molar-refractivity contribution in [1.29, 1.82) is 0 Å². The van der Waals surface area contributed by atoms with Crippen LogP contribution in [0.25, 0.3) is 0 Å². The van der Waals surface area contributed by atoms with E-state index in [0.717, 1.165) is 18.9 Å². The summed E-state index contributed by atoms with van der Waals surface area (Å²) in [7, 11) is 2.10. The molecule has 0 saturated heterocycles. The van der Waals surface area contributed by atoms with Crippen LogP contribution in [0.5, 0.6) is 0 Å². The van der Waals surface area contributed by atoms with Crippen molar-refractivity contribution in [1.82, 2.24) is 5.32 Å². The van der Waals surface area contributed by atoms with Gasteiger partial charge in [-0.1, -0.05) is 23.9 Å². The van der Waals surface area contributed by atoms with Gasteiger partial charge in [-0.15, -0.1) is 0 Å². The molecule has 3 rings (SSSR count). The van der Waals surface area contributed by atoms with Crippen molar-refractivity contribution < 1.29 is 0 Å². The Labute approximate surface area is 99.2 Å². The number of anilines is 1. The average molecular weight is 231 g/mol. The van der Waals surface area contributed by atoms with Gasteiger partial charge in [-0.2, -0.15) is 0 Å². The third kappa shape index (κ3) is 1.59. The molecule has 0 fully saturated rings. The number of nitrogens with zero attached hydrogens (tertiary/aromatic N) is 2. The number of fused-ring (bicyclic) bond motifs is 1. The van der Waals surface area contributed by atoms with Crippen molar-refractivity contribution >= 4 is 23.3 Å². The first kappa shape index (κ1) is 9.78. The number of hydrogen-bond acceptors (Lipinski definition) is 4. The summed E-state index contributed by atoms with van der Waals surface area (Å²) < 4.78 is 0. The number of rotatable bonds is 1. The number of nitrogens with one attached hydrogen (secondary N) is 1. The van der Waals surface area contributed by atoms with Gasteiger partial charge in [0.05, 0.1) is 17.3 Å². The zero-order valence-electron chi connectivity index (χ0n) is 9.10. The van der Waals surface area contributed by atoms with E-state index in [1.807, 2.05) is 0 Å². The van der Waals surface area contributed by atoms with E-state index in [1.54, 1.807) is 11.8 Å². The zero-order valence-corrected chi connectivity index (χ0v) is 9.92. The summed E-state index contributed by atoms with van der Waals surface area (Å²) in [5.41, 5.74) is 1.28. The lowest BCUT2D eigenvalue weighted by Crippen LogP contribution is -2.18. The minimum atomic E-state index is 0.889. The predicted octanol–water partition coefficient (Wildman–Crippen LogP) is 2.07. The number of hydrogen-bond donors (Lipinski definition) is 1. The van der Waals surface area contributed by atoms with E-state index in [1.165, 1.54) is 15.6 Å². The Hall–Kier alpha value is -1.42. The number of thioether (sulfide) groups is 1. The molecule has 0 aliphatic carbocycles. The van der Waals surface area contributed by atoms with Crippen LogP contribution in [0.1, 0.15) is 0 Å². The van der Waals surface area contributed by atoms with Crippen LogP contribution >= 0.6 is 11.8 Å². The van der Waals surface area contributed by atoms with Gasteiger partial charge in [0, 0.05) is 24.6 Å². The second-order valence-corrected chi connectivity index (χ2v) is 4.87. The Morgan fingerprint density at radius 3 is 3.06 bits per heavy atom. The second kappa shape index (κ2) is 3.87. The molecule has 0 saturated carbocycles. The molecule has 0 unspecified atom stereocenters. The summed E-state index contributed by atoms with van der Waals surface area (Å²) in [6.45, 7) is 1.85. The molecule has 0 amide bonds. The molecule has 82 valence electrons. The summed E-state index contributed by atoms with van der Waals surface area (Å²) in [5, 5.41) is 4.50. The first-order valence-corrected chi connectivity index (χ1v) is 6.17. The molecule has 1 N–H and O–H groups in total. The van der Waals surface area contributed by atoms with Crippen molar-refractivity contribution in [3.63, 3.8) is 0 Å². The van der Waals surface area contributed by atoms with Gasteiger partial charge in [0.2, 0.25) is 0 Å². The van der Waals surface area contributed by atoms with Crippen LogP contribution in [0.3, 0.4) is 0 Å². The quantitative estimate of drug-likeness (QED) is 0.802. The Kier molecular flexibility index (Phi) is 2.36. The average Bonchev–Trinajstić information content (AvgIpc) is 2.90. The standard InChI is InChI=1S/C12H13N3S/c1-15-9-4-2-3-5-10(9)16-12(15)8-11-13-6-7-14-11/h2-5,8H,6-7H2,1H3,(H,13,14)/b12-8+. The SMILES string of the molecule is CN1/C(=C\C2=NCCN2)Sc2ccccc21. The molecule has 0 spiro atoms. The molecular formula is C12H13N3S. The highest BCUT2D eigenvalue weighted by Gasteiger charge is 2.21. The van der Waals surface area contributed by atoms with Crippen molar-refractivity contribution in [3.8, 4) is 0 Å². The van der Waals surface area contributed by atoms with Crippen LogP contribution in [0, 0.1) is 0 Å². The molecule has 1 aromatic rings. The molecular weight excluding hydrogens is 218 g/mol.